The molecule has 2 heterocycles. The first-order valence-corrected chi connectivity index (χ1v) is 11.4. The van der Waals surface area contributed by atoms with E-state index >= 15 is 0 Å². The number of amides is 1. The highest BCUT2D eigenvalue weighted by Crippen LogP contribution is 2.43. The Morgan fingerprint density at radius 1 is 1.23 bits per heavy atom. The summed E-state index contributed by atoms with van der Waals surface area (Å²) in [5.74, 6) is 0.812. The minimum Gasteiger partial charge on any atom is -0.489 e. The number of benzene rings is 1. The van der Waals surface area contributed by atoms with Crippen LogP contribution in [-0.4, -0.2) is 50.8 Å². The average Bonchev–Trinajstić information content (AvgIpc) is 2.77. The van der Waals surface area contributed by atoms with Crippen LogP contribution in [0.25, 0.3) is 5.57 Å². The van der Waals surface area contributed by atoms with Crippen LogP contribution in [0.3, 0.4) is 0 Å². The number of hydrogen-bond donors (Lipinski definition) is 2. The predicted molar refractivity (Wildman–Crippen MR) is 121 cm³/mol. The predicted octanol–water partition coefficient (Wildman–Crippen LogP) is 4.28. The maximum absolute atomic E-state index is 12.5. The zero-order valence-electron chi connectivity index (χ0n) is 18.5. The number of carbonyl (C=O) groups excluding carboxylic acids is 1. The first kappa shape index (κ1) is 21.7. The van der Waals surface area contributed by atoms with Gasteiger partial charge in [-0.2, -0.15) is 0 Å². The van der Waals surface area contributed by atoms with E-state index in [1.807, 2.05) is 25.3 Å². The summed E-state index contributed by atoms with van der Waals surface area (Å²) < 4.78 is 17.0. The van der Waals surface area contributed by atoms with E-state index in [9.17, 15) is 4.79 Å². The van der Waals surface area contributed by atoms with Crippen molar-refractivity contribution in [3.8, 4) is 5.75 Å². The molecule has 0 spiro atoms. The lowest BCUT2D eigenvalue weighted by Gasteiger charge is -2.37. The van der Waals surface area contributed by atoms with Crippen LogP contribution in [-0.2, 0) is 15.9 Å². The molecule has 3 aliphatic rings. The molecule has 2 aliphatic heterocycles. The Kier molecular flexibility index (Phi) is 6.80. The molecule has 0 bridgehead atoms. The van der Waals surface area contributed by atoms with Crippen LogP contribution in [0.1, 0.15) is 56.6 Å². The molecule has 1 saturated carbocycles. The van der Waals surface area contributed by atoms with Crippen LogP contribution >= 0.6 is 0 Å². The van der Waals surface area contributed by atoms with Crippen molar-refractivity contribution >= 4 is 23.6 Å². The van der Waals surface area contributed by atoms with Gasteiger partial charge in [0.15, 0.2) is 0 Å². The molecule has 1 aromatic carbocycles. The minimum atomic E-state index is -0.347. The molecule has 7 heteroatoms. The van der Waals surface area contributed by atoms with Gasteiger partial charge in [-0.1, -0.05) is 0 Å². The van der Waals surface area contributed by atoms with Crippen molar-refractivity contribution in [2.75, 3.05) is 25.2 Å². The third-order valence-electron chi connectivity index (χ3n) is 6.62. The van der Waals surface area contributed by atoms with Crippen LogP contribution in [0.2, 0.25) is 0 Å². The van der Waals surface area contributed by atoms with Gasteiger partial charge in [0.1, 0.15) is 5.75 Å². The lowest BCUT2D eigenvalue weighted by molar-refractivity contribution is 0.0812. The van der Waals surface area contributed by atoms with Gasteiger partial charge in [0.25, 0.3) is 0 Å². The molecule has 2 N–H and O–H groups in total. The topological polar surface area (TPSA) is 83.9 Å². The van der Waals surface area contributed by atoms with E-state index in [1.54, 1.807) is 4.90 Å². The number of nitrogens with zero attached hydrogens (tertiary/aromatic N) is 1. The fourth-order valence-electron chi connectivity index (χ4n) is 4.47. The number of fused-ring (bicyclic) bond motifs is 1. The van der Waals surface area contributed by atoms with Crippen LogP contribution in [0.5, 0.6) is 5.75 Å². The number of nitrogens with one attached hydrogen (secondary N) is 2. The highest BCUT2D eigenvalue weighted by atomic mass is 16.5. The van der Waals surface area contributed by atoms with Crippen LogP contribution in [0, 0.1) is 5.41 Å². The normalized spacial score (nSPS) is 22.3. The van der Waals surface area contributed by atoms with E-state index in [-0.39, 0.29) is 18.2 Å². The molecular weight excluding hydrogens is 394 g/mol. The standard InChI is InChI=1S/C24H33N3O4/c1-16-6-7-21-22(27(16)24(28)29-2)9-8-20(23(21)31-19-4-3-5-19)17(14-25)15-26-18-10-12-30-13-11-18/h8-9,14-16,18-19,25-26H,3-7,10-13H2,1-2H3/b17-15+,25-14?/t16-/m0/s1. The fraction of sp³-hybridized carbons (Fsp3) is 0.583. The van der Waals surface area contributed by atoms with Gasteiger partial charge < -0.3 is 24.9 Å². The molecule has 0 radical (unpaired) electrons. The maximum Gasteiger partial charge on any atom is 0.414 e. The average molecular weight is 428 g/mol. The quantitative estimate of drug-likeness (QED) is 0.662. The SMILES string of the molecule is COC(=O)N1c2ccc(/C(C=N)=C/NC3CCOCC3)c(OC3CCC3)c2CC[C@@H]1C. The highest BCUT2D eigenvalue weighted by molar-refractivity contribution is 6.10. The highest BCUT2D eigenvalue weighted by Gasteiger charge is 2.33. The molecule has 168 valence electrons. The minimum absolute atomic E-state index is 0.0651. The molecule has 4 rings (SSSR count). The van der Waals surface area contributed by atoms with Crippen molar-refractivity contribution < 1.29 is 19.0 Å². The Balaban J connectivity index is 1.71. The molecule has 1 aromatic rings. The summed E-state index contributed by atoms with van der Waals surface area (Å²) in [7, 11) is 1.42. The number of ether oxygens (including phenoxy) is 3. The van der Waals surface area contributed by atoms with Crippen molar-refractivity contribution in [3.05, 3.63) is 29.5 Å². The Morgan fingerprint density at radius 2 is 2.00 bits per heavy atom. The Hall–Kier alpha value is -2.54. The smallest absolute Gasteiger partial charge is 0.414 e. The zero-order chi connectivity index (χ0) is 21.8. The third-order valence-corrected chi connectivity index (χ3v) is 6.62. The maximum atomic E-state index is 12.5. The van der Waals surface area contributed by atoms with Gasteiger partial charge >= 0.3 is 6.09 Å². The lowest BCUT2D eigenvalue weighted by atomic mass is 9.91. The summed E-state index contributed by atoms with van der Waals surface area (Å²) in [4.78, 5) is 14.2. The van der Waals surface area contributed by atoms with Gasteiger partial charge in [0, 0.05) is 54.4 Å². The van der Waals surface area contributed by atoms with E-state index in [0.717, 1.165) is 79.9 Å². The molecule has 1 aliphatic carbocycles. The molecule has 1 atom stereocenters. The molecule has 0 unspecified atom stereocenters. The molecule has 0 aromatic heterocycles. The summed E-state index contributed by atoms with van der Waals surface area (Å²) in [6.45, 7) is 3.57. The first-order valence-electron chi connectivity index (χ1n) is 11.4. The van der Waals surface area contributed by atoms with Gasteiger partial charge in [-0.15, -0.1) is 0 Å². The summed E-state index contributed by atoms with van der Waals surface area (Å²) in [5.41, 5.74) is 3.57. The number of allylic oxidation sites excluding steroid dienone is 1. The first-order chi connectivity index (χ1) is 15.1. The van der Waals surface area contributed by atoms with Crippen LogP contribution < -0.4 is 15.0 Å². The van der Waals surface area contributed by atoms with E-state index in [0.29, 0.717) is 6.04 Å². The van der Waals surface area contributed by atoms with Crippen LogP contribution in [0.4, 0.5) is 10.5 Å². The summed E-state index contributed by atoms with van der Waals surface area (Å²) in [6, 6.07) is 4.36. The van der Waals surface area contributed by atoms with Gasteiger partial charge in [-0.25, -0.2) is 4.79 Å². The van der Waals surface area contributed by atoms with Gasteiger partial charge in [0.2, 0.25) is 0 Å². The van der Waals surface area contributed by atoms with Crippen molar-refractivity contribution in [1.82, 2.24) is 5.32 Å². The van der Waals surface area contributed by atoms with Gasteiger partial charge in [-0.05, 0) is 64.0 Å². The Bertz CT molecular complexity index is 843. The van der Waals surface area contributed by atoms with Crippen molar-refractivity contribution in [1.29, 1.82) is 5.41 Å². The second-order valence-corrected chi connectivity index (χ2v) is 8.64. The fourth-order valence-corrected chi connectivity index (χ4v) is 4.47. The van der Waals surface area contributed by atoms with Crippen LogP contribution in [0.15, 0.2) is 18.3 Å². The third kappa shape index (κ3) is 4.56. The van der Waals surface area contributed by atoms with Gasteiger partial charge in [0.05, 0.1) is 18.9 Å². The molecule has 1 saturated heterocycles. The summed E-state index contributed by atoms with van der Waals surface area (Å²) in [6.07, 6.45) is 10.0. The van der Waals surface area contributed by atoms with Gasteiger partial charge in [-0.3, -0.25) is 4.90 Å². The monoisotopic (exact) mass is 427 g/mol. The zero-order valence-corrected chi connectivity index (χ0v) is 18.5. The van der Waals surface area contributed by atoms with Crippen molar-refractivity contribution in [2.45, 2.75) is 70.1 Å². The number of methoxy groups -OCH3 is 1. The largest absolute Gasteiger partial charge is 0.489 e. The lowest BCUT2D eigenvalue weighted by Crippen LogP contribution is -2.42. The van der Waals surface area contributed by atoms with E-state index < -0.39 is 0 Å². The second kappa shape index (κ2) is 9.73. The molecule has 2 fully saturated rings. The van der Waals surface area contributed by atoms with Crippen molar-refractivity contribution in [2.24, 2.45) is 0 Å². The summed E-state index contributed by atoms with van der Waals surface area (Å²) >= 11 is 0. The van der Waals surface area contributed by atoms with Crippen molar-refractivity contribution in [3.63, 3.8) is 0 Å². The summed E-state index contributed by atoms with van der Waals surface area (Å²) in [5, 5.41) is 11.5. The number of carbonyl (C=O) groups is 1. The number of anilines is 1. The van der Waals surface area contributed by atoms with E-state index in [2.05, 4.69) is 5.32 Å². The Labute approximate surface area is 184 Å². The molecular formula is C24H33N3O4. The van der Waals surface area contributed by atoms with E-state index in [4.69, 9.17) is 19.6 Å². The van der Waals surface area contributed by atoms with E-state index in [1.165, 1.54) is 19.7 Å². The second-order valence-electron chi connectivity index (χ2n) is 8.64. The molecule has 1 amide bonds. The molecule has 31 heavy (non-hydrogen) atoms. The Morgan fingerprint density at radius 3 is 2.65 bits per heavy atom. The molecule has 7 nitrogen and oxygen atoms in total. The number of hydrogen-bond acceptors (Lipinski definition) is 6. The number of rotatable bonds is 6.